The summed E-state index contributed by atoms with van der Waals surface area (Å²) in [6.45, 7) is 4.71. The molecule has 11 rings (SSSR count). The Bertz CT molecular complexity index is 3200. The Labute approximate surface area is 352 Å². The topological polar surface area (TPSA) is 3.24 Å². The van der Waals surface area contributed by atoms with Crippen LogP contribution in [0.3, 0.4) is 0 Å². The molecule has 0 spiro atoms. The zero-order valence-electron chi connectivity index (χ0n) is 33.8. The molecular formula is C59H43N. The second-order valence-electron chi connectivity index (χ2n) is 16.5. The fourth-order valence-electron chi connectivity index (χ4n) is 9.62. The summed E-state index contributed by atoms with van der Waals surface area (Å²) < 4.78 is 0. The van der Waals surface area contributed by atoms with Crippen molar-refractivity contribution in [3.05, 3.63) is 236 Å². The van der Waals surface area contributed by atoms with E-state index in [1.54, 1.807) is 0 Å². The van der Waals surface area contributed by atoms with Gasteiger partial charge in [-0.2, -0.15) is 0 Å². The molecule has 0 heterocycles. The average molecular weight is 766 g/mol. The molecule has 60 heavy (non-hydrogen) atoms. The van der Waals surface area contributed by atoms with Crippen molar-refractivity contribution in [2.45, 2.75) is 19.3 Å². The van der Waals surface area contributed by atoms with E-state index < -0.39 is 0 Å². The number of rotatable bonds is 7. The van der Waals surface area contributed by atoms with E-state index in [0.29, 0.717) is 0 Å². The third kappa shape index (κ3) is 6.01. The van der Waals surface area contributed by atoms with Crippen molar-refractivity contribution in [2.24, 2.45) is 0 Å². The van der Waals surface area contributed by atoms with Crippen molar-refractivity contribution in [1.29, 1.82) is 0 Å². The van der Waals surface area contributed by atoms with E-state index in [4.69, 9.17) is 0 Å². The molecule has 0 N–H and O–H groups in total. The highest BCUT2D eigenvalue weighted by Gasteiger charge is 2.36. The van der Waals surface area contributed by atoms with Crippen LogP contribution in [0.25, 0.3) is 77.2 Å². The molecule has 1 nitrogen and oxygen atoms in total. The second kappa shape index (κ2) is 14.4. The van der Waals surface area contributed by atoms with Crippen LogP contribution in [0.1, 0.15) is 25.0 Å². The minimum atomic E-state index is -0.0615. The first-order valence-corrected chi connectivity index (χ1v) is 20.9. The lowest BCUT2D eigenvalue weighted by Crippen LogP contribution is -2.14. The summed E-state index contributed by atoms with van der Waals surface area (Å²) in [4.78, 5) is 2.43. The largest absolute Gasteiger partial charge is 0.310 e. The van der Waals surface area contributed by atoms with Gasteiger partial charge in [-0.25, -0.2) is 0 Å². The summed E-state index contributed by atoms with van der Waals surface area (Å²) in [6, 6.07) is 82.4. The third-order valence-corrected chi connectivity index (χ3v) is 12.7. The number of nitrogens with zero attached hydrogens (tertiary/aromatic N) is 1. The van der Waals surface area contributed by atoms with E-state index in [1.165, 1.54) is 88.3 Å². The van der Waals surface area contributed by atoms with E-state index in [2.05, 4.69) is 243 Å². The Hall–Kier alpha value is -7.48. The van der Waals surface area contributed by atoms with E-state index in [1.807, 2.05) is 0 Å². The monoisotopic (exact) mass is 765 g/mol. The zero-order chi connectivity index (χ0) is 40.2. The molecule has 0 amide bonds. The first-order chi connectivity index (χ1) is 29.5. The van der Waals surface area contributed by atoms with Crippen molar-refractivity contribution in [3.63, 3.8) is 0 Å². The Balaban J connectivity index is 1.05. The molecule has 1 heteroatoms. The van der Waals surface area contributed by atoms with Crippen LogP contribution in [-0.2, 0) is 5.41 Å². The molecule has 1 aliphatic carbocycles. The molecule has 10 aromatic rings. The Kier molecular flexibility index (Phi) is 8.57. The molecule has 0 aromatic heterocycles. The van der Waals surface area contributed by atoms with Gasteiger partial charge in [-0.3, -0.25) is 0 Å². The third-order valence-electron chi connectivity index (χ3n) is 12.7. The maximum absolute atomic E-state index is 2.43. The number of hydrogen-bond donors (Lipinski definition) is 0. The van der Waals surface area contributed by atoms with Crippen molar-refractivity contribution < 1.29 is 0 Å². The quantitative estimate of drug-likeness (QED) is 0.156. The molecule has 0 saturated carbocycles. The van der Waals surface area contributed by atoms with E-state index >= 15 is 0 Å². The minimum Gasteiger partial charge on any atom is -0.310 e. The average Bonchev–Trinajstić information content (AvgIpc) is 3.55. The summed E-state index contributed by atoms with van der Waals surface area (Å²) in [5, 5.41) is 4.92. The summed E-state index contributed by atoms with van der Waals surface area (Å²) in [5.41, 5.74) is 18.5. The minimum absolute atomic E-state index is 0.0615. The van der Waals surface area contributed by atoms with Crippen LogP contribution in [0, 0.1) is 0 Å². The lowest BCUT2D eigenvalue weighted by atomic mass is 9.82. The second-order valence-corrected chi connectivity index (χ2v) is 16.5. The SMILES string of the molecule is CC1(C)c2ccccc2-c2c(-c3ccc4cccc(N(c5ccc(-c6cccc(-c7ccccc7)c6)cc5)c5ccc(-c6cccc7ccccc67)cc5)c4c3)cccc21. The van der Waals surface area contributed by atoms with Crippen LogP contribution >= 0.6 is 0 Å². The molecular weight excluding hydrogens is 723 g/mol. The van der Waals surface area contributed by atoms with Gasteiger partial charge in [0.2, 0.25) is 0 Å². The molecule has 0 aliphatic heterocycles. The normalized spacial score (nSPS) is 12.6. The van der Waals surface area contributed by atoms with Gasteiger partial charge < -0.3 is 4.90 Å². The molecule has 10 aromatic carbocycles. The first kappa shape index (κ1) is 35.7. The van der Waals surface area contributed by atoms with Crippen LogP contribution in [0.4, 0.5) is 17.1 Å². The number of anilines is 3. The predicted octanol–water partition coefficient (Wildman–Crippen LogP) is 16.4. The van der Waals surface area contributed by atoms with Gasteiger partial charge in [0.25, 0.3) is 0 Å². The van der Waals surface area contributed by atoms with Crippen LogP contribution < -0.4 is 4.90 Å². The molecule has 0 radical (unpaired) electrons. The molecule has 0 bridgehead atoms. The highest BCUT2D eigenvalue weighted by molar-refractivity contribution is 6.03. The van der Waals surface area contributed by atoms with Gasteiger partial charge in [0.1, 0.15) is 0 Å². The van der Waals surface area contributed by atoms with Crippen LogP contribution in [0.5, 0.6) is 0 Å². The van der Waals surface area contributed by atoms with Crippen molar-refractivity contribution in [2.75, 3.05) is 4.90 Å². The highest BCUT2D eigenvalue weighted by Crippen LogP contribution is 2.52. The fourth-order valence-corrected chi connectivity index (χ4v) is 9.62. The van der Waals surface area contributed by atoms with Gasteiger partial charge in [0.15, 0.2) is 0 Å². The van der Waals surface area contributed by atoms with E-state index in [-0.39, 0.29) is 5.41 Å². The maximum Gasteiger partial charge on any atom is 0.0540 e. The van der Waals surface area contributed by atoms with Gasteiger partial charge in [-0.05, 0) is 125 Å². The smallest absolute Gasteiger partial charge is 0.0540 e. The summed E-state index contributed by atoms with van der Waals surface area (Å²) >= 11 is 0. The standard InChI is InChI=1S/C59H43N/c1-59(2)55-25-9-8-22-53(55)58-52(24-13-26-56(58)59)47-29-28-43-18-12-27-57(54(43)39-47)60(49-36-32-44(33-37-49)51-23-11-17-42-16-6-7-21-50(42)51)48-34-30-41(31-35-48)46-20-10-19-45(38-46)40-14-4-3-5-15-40/h3-39H,1-2H3. The molecule has 0 atom stereocenters. The lowest BCUT2D eigenvalue weighted by molar-refractivity contribution is 0.660. The number of fused-ring (bicyclic) bond motifs is 5. The zero-order valence-corrected chi connectivity index (χ0v) is 33.8. The van der Waals surface area contributed by atoms with Gasteiger partial charge in [0, 0.05) is 22.2 Å². The fraction of sp³-hybridized carbons (Fsp3) is 0.0508. The lowest BCUT2D eigenvalue weighted by Gasteiger charge is -2.27. The van der Waals surface area contributed by atoms with E-state index in [9.17, 15) is 0 Å². The summed E-state index contributed by atoms with van der Waals surface area (Å²) in [7, 11) is 0. The number of hydrogen-bond acceptors (Lipinski definition) is 1. The predicted molar refractivity (Wildman–Crippen MR) is 255 cm³/mol. The van der Waals surface area contributed by atoms with Gasteiger partial charge in [0.05, 0.1) is 5.69 Å². The summed E-state index contributed by atoms with van der Waals surface area (Å²) in [6.07, 6.45) is 0. The van der Waals surface area contributed by atoms with Crippen LogP contribution in [0.2, 0.25) is 0 Å². The Morgan fingerprint density at radius 2 is 0.833 bits per heavy atom. The Morgan fingerprint density at radius 1 is 0.317 bits per heavy atom. The van der Waals surface area contributed by atoms with Crippen molar-refractivity contribution >= 4 is 38.6 Å². The van der Waals surface area contributed by atoms with Gasteiger partial charge in [-0.15, -0.1) is 0 Å². The highest BCUT2D eigenvalue weighted by atomic mass is 15.1. The van der Waals surface area contributed by atoms with Crippen LogP contribution in [-0.4, -0.2) is 0 Å². The molecule has 0 unspecified atom stereocenters. The van der Waals surface area contributed by atoms with Gasteiger partial charge in [-0.1, -0.05) is 196 Å². The molecule has 1 aliphatic rings. The van der Waals surface area contributed by atoms with Gasteiger partial charge >= 0.3 is 0 Å². The molecule has 284 valence electrons. The molecule has 0 fully saturated rings. The molecule has 0 saturated heterocycles. The first-order valence-electron chi connectivity index (χ1n) is 20.9. The number of benzene rings is 10. The Morgan fingerprint density at radius 3 is 1.62 bits per heavy atom. The van der Waals surface area contributed by atoms with E-state index in [0.717, 1.165) is 17.1 Å². The summed E-state index contributed by atoms with van der Waals surface area (Å²) in [5.74, 6) is 0. The van der Waals surface area contributed by atoms with Crippen molar-refractivity contribution in [3.8, 4) is 55.6 Å². The van der Waals surface area contributed by atoms with Crippen molar-refractivity contribution in [1.82, 2.24) is 0 Å². The van der Waals surface area contributed by atoms with Crippen LogP contribution in [0.15, 0.2) is 224 Å². The maximum atomic E-state index is 2.43.